The fourth-order valence-electron chi connectivity index (χ4n) is 3.59. The smallest absolute Gasteiger partial charge is 0.257 e. The third-order valence-electron chi connectivity index (χ3n) is 5.29. The number of furan rings is 1. The maximum Gasteiger partial charge on any atom is 0.257 e. The van der Waals surface area contributed by atoms with Gasteiger partial charge in [-0.05, 0) is 29.7 Å². The number of morpholine rings is 1. The summed E-state index contributed by atoms with van der Waals surface area (Å²) in [5.74, 6) is 0.358. The molecule has 0 radical (unpaired) electrons. The molecule has 0 aliphatic carbocycles. The molecule has 2 aromatic heterocycles. The zero-order chi connectivity index (χ0) is 23.6. The van der Waals surface area contributed by atoms with E-state index >= 15 is 0 Å². The van der Waals surface area contributed by atoms with Gasteiger partial charge in [-0.25, -0.2) is 4.99 Å². The molecule has 4 rings (SSSR count). The van der Waals surface area contributed by atoms with Crippen LogP contribution in [0.25, 0.3) is 0 Å². The maximum absolute atomic E-state index is 12.9. The van der Waals surface area contributed by atoms with E-state index in [0.717, 1.165) is 0 Å². The van der Waals surface area contributed by atoms with Crippen molar-refractivity contribution in [2.24, 2.45) is 10.4 Å². The number of rotatable bonds is 5. The van der Waals surface area contributed by atoms with Crippen LogP contribution in [0.4, 0.5) is 11.5 Å². The molecule has 1 amide bonds. The molecular weight excluding hydrogens is 446 g/mol. The molecule has 2 unspecified atom stereocenters. The van der Waals surface area contributed by atoms with Crippen LogP contribution in [-0.4, -0.2) is 55.5 Å². The lowest BCUT2D eigenvalue weighted by Crippen LogP contribution is -2.40. The van der Waals surface area contributed by atoms with Crippen molar-refractivity contribution < 1.29 is 23.6 Å². The quantitative estimate of drug-likeness (QED) is 0.381. The van der Waals surface area contributed by atoms with E-state index in [1.165, 1.54) is 0 Å². The zero-order valence-electron chi connectivity index (χ0n) is 18.7. The molecule has 3 aromatic rings. The van der Waals surface area contributed by atoms with Gasteiger partial charge in [-0.1, -0.05) is 26.8 Å². The molecule has 10 nitrogen and oxygen atoms in total. The number of benzene rings is 1. The minimum Gasteiger partial charge on any atom is -0.548 e. The van der Waals surface area contributed by atoms with Crippen molar-refractivity contribution in [2.45, 2.75) is 26.8 Å². The standard InChI is InChI=1S/C22H27N5O5S/c1-22(2,3)18(16-8-5-11-32-16)24-20-19(25-33(30)26-20)23-15-7-4-6-14(17(15)28)21(29)27-9-12-31-13-10-27/h4-8,11,18,28H,9-10,12-13H2,1-3H3,(H,23,25)(H,24,26). The molecule has 1 aromatic carbocycles. The zero-order valence-corrected chi connectivity index (χ0v) is 19.5. The van der Waals surface area contributed by atoms with Crippen molar-refractivity contribution >= 4 is 28.6 Å². The molecular formula is C22H27N5O5S. The summed E-state index contributed by atoms with van der Waals surface area (Å²) < 4.78 is 29.8. The van der Waals surface area contributed by atoms with Crippen LogP contribution in [-0.2, 0) is 4.74 Å². The van der Waals surface area contributed by atoms with Gasteiger partial charge in [0, 0.05) is 17.5 Å². The number of nitrogens with one attached hydrogen (secondary N) is 2. The second-order valence-corrected chi connectivity index (χ2v) is 9.67. The lowest BCUT2D eigenvalue weighted by atomic mass is 9.86. The highest BCUT2D eigenvalue weighted by Gasteiger charge is 2.29. The molecule has 176 valence electrons. The van der Waals surface area contributed by atoms with E-state index in [1.807, 2.05) is 26.8 Å². The Morgan fingerprint density at radius 2 is 2.06 bits per heavy atom. The number of H-pyrrole nitrogens is 1. The third-order valence-corrected chi connectivity index (χ3v) is 6.01. The monoisotopic (exact) mass is 473 g/mol. The molecule has 1 aliphatic heterocycles. The van der Waals surface area contributed by atoms with Crippen molar-refractivity contribution in [1.82, 2.24) is 13.6 Å². The number of aromatic hydroxyl groups is 1. The Kier molecular flexibility index (Phi) is 6.54. The number of anilines is 2. The van der Waals surface area contributed by atoms with Crippen LogP contribution in [0, 0.1) is 5.41 Å². The van der Waals surface area contributed by atoms with Gasteiger partial charge in [-0.2, -0.15) is 0 Å². The van der Waals surface area contributed by atoms with Gasteiger partial charge in [0.1, 0.15) is 11.8 Å². The summed E-state index contributed by atoms with van der Waals surface area (Å²) in [6.45, 7) is 7.91. The fraction of sp³-hybridized carbons (Fsp3) is 0.409. The summed E-state index contributed by atoms with van der Waals surface area (Å²) in [4.78, 5) is 19.2. The first-order valence-corrected chi connectivity index (χ1v) is 11.7. The summed E-state index contributed by atoms with van der Waals surface area (Å²) in [7, 11) is 0. The number of hydrogen-bond donors (Lipinski definition) is 3. The number of phenolic OH excluding ortho intramolecular Hbond substituents is 1. The molecule has 2 atom stereocenters. The molecule has 1 aliphatic rings. The minimum absolute atomic E-state index is 0.163. The van der Waals surface area contributed by atoms with Gasteiger partial charge in [-0.3, -0.25) is 4.79 Å². The largest absolute Gasteiger partial charge is 0.548 e. The predicted molar refractivity (Wildman–Crippen MR) is 122 cm³/mol. The number of carbonyl (C=O) groups excluding carboxylic acids is 1. The van der Waals surface area contributed by atoms with Crippen molar-refractivity contribution in [2.75, 3.05) is 31.6 Å². The van der Waals surface area contributed by atoms with Gasteiger partial charge in [0.15, 0.2) is 16.9 Å². The van der Waals surface area contributed by atoms with Crippen LogP contribution in [0.5, 0.6) is 5.75 Å². The van der Waals surface area contributed by atoms with E-state index in [9.17, 15) is 14.5 Å². The topological polar surface area (TPSA) is 139 Å². The Balaban J connectivity index is 1.67. The van der Waals surface area contributed by atoms with Crippen molar-refractivity contribution in [3.8, 4) is 5.75 Å². The first kappa shape index (κ1) is 23.0. The van der Waals surface area contributed by atoms with Crippen LogP contribution in [0.1, 0.15) is 42.9 Å². The first-order valence-electron chi connectivity index (χ1n) is 10.6. The number of amides is 1. The van der Waals surface area contributed by atoms with Gasteiger partial charge < -0.3 is 29.0 Å². The van der Waals surface area contributed by atoms with Gasteiger partial charge in [0.05, 0.1) is 30.7 Å². The number of aromatic amines is 1. The molecule has 1 fully saturated rings. The molecule has 1 saturated heterocycles. The van der Waals surface area contributed by atoms with Gasteiger partial charge >= 0.3 is 0 Å². The number of ether oxygens (including phenoxy) is 1. The maximum atomic E-state index is 12.9. The number of hydrogen-bond acceptors (Lipinski definition) is 8. The number of para-hydroxylation sites is 1. The predicted octanol–water partition coefficient (Wildman–Crippen LogP) is 3.34. The van der Waals surface area contributed by atoms with Crippen LogP contribution in [0.15, 0.2) is 46.0 Å². The molecule has 11 heteroatoms. The van der Waals surface area contributed by atoms with Crippen LogP contribution >= 0.6 is 11.1 Å². The summed E-state index contributed by atoms with van der Waals surface area (Å²) in [5, 5.41) is 13.8. The molecule has 0 spiro atoms. The number of nitrogens with zero attached hydrogens (tertiary/aromatic N) is 3. The Morgan fingerprint density at radius 3 is 2.73 bits per heavy atom. The highest BCUT2D eigenvalue weighted by atomic mass is 32.2. The Bertz CT molecular complexity index is 1170. The average molecular weight is 474 g/mol. The van der Waals surface area contributed by atoms with Gasteiger partial charge in [-0.15, -0.1) is 4.37 Å². The minimum atomic E-state index is -1.73. The van der Waals surface area contributed by atoms with Crippen LogP contribution in [0.3, 0.4) is 0 Å². The first-order chi connectivity index (χ1) is 15.7. The highest BCUT2D eigenvalue weighted by molar-refractivity contribution is 7.13. The van der Waals surface area contributed by atoms with Gasteiger partial charge in [0.25, 0.3) is 5.91 Å². The van der Waals surface area contributed by atoms with E-state index in [2.05, 4.69) is 14.1 Å². The number of carbonyl (C=O) groups is 1. The fourth-order valence-corrected chi connectivity index (χ4v) is 4.25. The van der Waals surface area contributed by atoms with Crippen LogP contribution in [0.2, 0.25) is 0 Å². The van der Waals surface area contributed by atoms with Gasteiger partial charge in [0.2, 0.25) is 11.3 Å². The number of phenols is 1. The Hall–Kier alpha value is -3.15. The summed E-state index contributed by atoms with van der Waals surface area (Å²) in [6, 6.07) is 8.08. The second kappa shape index (κ2) is 9.38. The Labute approximate surface area is 194 Å². The SMILES string of the molecule is CC(C)(C)C(N=c1[nH][s+]([O-])nc1Nc1cccc(C(=O)N2CCOCC2)c1O)c1ccco1. The summed E-state index contributed by atoms with van der Waals surface area (Å²) in [6.07, 6.45) is 1.58. The average Bonchev–Trinajstić information content (AvgIpc) is 3.42. The normalized spacial score (nSPS) is 16.7. The van der Waals surface area contributed by atoms with E-state index in [0.29, 0.717) is 32.1 Å². The Morgan fingerprint density at radius 1 is 1.30 bits per heavy atom. The lowest BCUT2D eigenvalue weighted by molar-refractivity contribution is 0.0301. The van der Waals surface area contributed by atoms with Crippen LogP contribution < -0.4 is 10.8 Å². The second-order valence-electron chi connectivity index (χ2n) is 8.78. The molecule has 3 N–H and O–H groups in total. The highest BCUT2D eigenvalue weighted by Crippen LogP contribution is 2.36. The summed E-state index contributed by atoms with van der Waals surface area (Å²) >= 11 is -1.73. The molecule has 3 heterocycles. The molecule has 33 heavy (non-hydrogen) atoms. The van der Waals surface area contributed by atoms with Crippen molar-refractivity contribution in [3.05, 3.63) is 53.4 Å². The van der Waals surface area contributed by atoms with Crippen molar-refractivity contribution in [1.29, 1.82) is 0 Å². The van der Waals surface area contributed by atoms with E-state index in [4.69, 9.17) is 14.1 Å². The summed E-state index contributed by atoms with van der Waals surface area (Å²) in [5.41, 5.74) is 0.394. The third kappa shape index (κ3) is 5.10. The number of aromatic nitrogens is 2. The molecule has 0 bridgehead atoms. The lowest BCUT2D eigenvalue weighted by Gasteiger charge is -2.27. The van der Waals surface area contributed by atoms with E-state index < -0.39 is 11.1 Å². The van der Waals surface area contributed by atoms with E-state index in [-0.39, 0.29) is 45.7 Å². The molecule has 0 saturated carbocycles. The van der Waals surface area contributed by atoms with Crippen molar-refractivity contribution in [3.63, 3.8) is 0 Å². The van der Waals surface area contributed by atoms with E-state index in [1.54, 1.807) is 35.4 Å².